The van der Waals surface area contributed by atoms with Crippen molar-refractivity contribution in [2.75, 3.05) is 0 Å². The molecule has 52 valence electrons. The van der Waals surface area contributed by atoms with Gasteiger partial charge in [0.15, 0.2) is 0 Å². The summed E-state index contributed by atoms with van der Waals surface area (Å²) in [6.07, 6.45) is 1.25. The molecule has 9 heavy (non-hydrogen) atoms. The normalized spacial score (nSPS) is 43.9. The van der Waals surface area contributed by atoms with Crippen LogP contribution in [0.25, 0.3) is 0 Å². The van der Waals surface area contributed by atoms with Crippen molar-refractivity contribution < 1.29 is 0 Å². The van der Waals surface area contributed by atoms with Gasteiger partial charge in [-0.15, -0.1) is 0 Å². The van der Waals surface area contributed by atoms with Crippen molar-refractivity contribution in [3.63, 3.8) is 0 Å². The van der Waals surface area contributed by atoms with Crippen LogP contribution in [0.4, 0.5) is 0 Å². The molecule has 1 fully saturated rings. The predicted molar refractivity (Wildman–Crippen MR) is 41.2 cm³/mol. The van der Waals surface area contributed by atoms with E-state index < -0.39 is 0 Å². The summed E-state index contributed by atoms with van der Waals surface area (Å²) in [6, 6.07) is 0. The maximum absolute atomic E-state index is 4.04. The minimum absolute atomic E-state index is 0.764. The molecule has 0 radical (unpaired) electrons. The molecule has 0 N–H and O–H groups in total. The largest absolute Gasteiger partial charge is 0.0996 e. The molecule has 0 amide bonds. The lowest BCUT2D eigenvalue weighted by Gasteiger charge is -2.12. The summed E-state index contributed by atoms with van der Waals surface area (Å²) in [5.74, 6) is 2.49. The Morgan fingerprint density at radius 1 is 1.33 bits per heavy atom. The van der Waals surface area contributed by atoms with Gasteiger partial charge in [-0.1, -0.05) is 32.9 Å². The van der Waals surface area contributed by atoms with Crippen LogP contribution < -0.4 is 0 Å². The van der Waals surface area contributed by atoms with E-state index in [1.807, 2.05) is 0 Å². The lowest BCUT2D eigenvalue weighted by molar-refractivity contribution is 0.389. The lowest BCUT2D eigenvalue weighted by atomic mass is 9.93. The van der Waals surface area contributed by atoms with Gasteiger partial charge < -0.3 is 0 Å². The Morgan fingerprint density at radius 3 is 2.00 bits per heavy atom. The first-order valence-electron chi connectivity index (χ1n) is 3.80. The fourth-order valence-electron chi connectivity index (χ4n) is 1.65. The smallest absolute Gasteiger partial charge is 0.0206 e. The van der Waals surface area contributed by atoms with Gasteiger partial charge in [-0.05, 0) is 24.2 Å². The van der Waals surface area contributed by atoms with E-state index in [-0.39, 0.29) is 0 Å². The molecule has 1 aliphatic rings. The van der Waals surface area contributed by atoms with Crippen molar-refractivity contribution >= 4 is 0 Å². The molecule has 0 heterocycles. The fourth-order valence-corrected chi connectivity index (χ4v) is 1.65. The minimum Gasteiger partial charge on any atom is -0.0996 e. The third kappa shape index (κ3) is 1.03. The third-order valence-corrected chi connectivity index (χ3v) is 2.91. The Hall–Kier alpha value is -0.260. The van der Waals surface area contributed by atoms with Crippen molar-refractivity contribution in [3.05, 3.63) is 12.2 Å². The van der Waals surface area contributed by atoms with Crippen LogP contribution in [0.2, 0.25) is 0 Å². The third-order valence-electron chi connectivity index (χ3n) is 2.91. The van der Waals surface area contributed by atoms with Crippen LogP contribution in [0.1, 0.15) is 27.2 Å². The van der Waals surface area contributed by atoms with Crippen molar-refractivity contribution in [1.82, 2.24) is 0 Å². The number of allylic oxidation sites excluding steroid dienone is 1. The lowest BCUT2D eigenvalue weighted by Crippen LogP contribution is -2.04. The molecule has 0 aromatic heterocycles. The Balaban J connectivity index is 2.65. The van der Waals surface area contributed by atoms with E-state index in [0.29, 0.717) is 0 Å². The van der Waals surface area contributed by atoms with Crippen molar-refractivity contribution in [2.45, 2.75) is 27.2 Å². The van der Waals surface area contributed by atoms with Crippen LogP contribution >= 0.6 is 0 Å². The van der Waals surface area contributed by atoms with Gasteiger partial charge in [-0.25, -0.2) is 0 Å². The van der Waals surface area contributed by atoms with Gasteiger partial charge in [-0.2, -0.15) is 0 Å². The molecule has 0 spiro atoms. The maximum Gasteiger partial charge on any atom is -0.0206 e. The Morgan fingerprint density at radius 2 is 1.89 bits per heavy atom. The summed E-state index contributed by atoms with van der Waals surface area (Å²) in [5.41, 5.74) is 1.45. The molecule has 0 saturated heterocycles. The second-order valence-electron chi connectivity index (χ2n) is 3.49. The molecule has 3 atom stereocenters. The highest BCUT2D eigenvalue weighted by Crippen LogP contribution is 2.38. The van der Waals surface area contributed by atoms with E-state index >= 15 is 0 Å². The first-order chi connectivity index (χ1) is 4.13. The van der Waals surface area contributed by atoms with E-state index in [4.69, 9.17) is 0 Å². The van der Waals surface area contributed by atoms with Gasteiger partial charge in [0.25, 0.3) is 0 Å². The molecule has 0 nitrogen and oxygen atoms in total. The minimum atomic E-state index is 0.764. The summed E-state index contributed by atoms with van der Waals surface area (Å²) in [5, 5.41) is 0. The quantitative estimate of drug-likeness (QED) is 0.435. The highest BCUT2D eigenvalue weighted by atomic mass is 14.3. The average molecular weight is 124 g/mol. The van der Waals surface area contributed by atoms with Crippen LogP contribution in [0.5, 0.6) is 0 Å². The van der Waals surface area contributed by atoms with Crippen molar-refractivity contribution in [1.29, 1.82) is 0 Å². The summed E-state index contributed by atoms with van der Waals surface area (Å²) in [4.78, 5) is 0. The van der Waals surface area contributed by atoms with Gasteiger partial charge in [0, 0.05) is 0 Å². The summed E-state index contributed by atoms with van der Waals surface area (Å²) in [6.45, 7) is 11.0. The first kappa shape index (κ1) is 6.85. The second-order valence-corrected chi connectivity index (χ2v) is 3.49. The Labute approximate surface area is 58.0 Å². The van der Waals surface area contributed by atoms with Crippen LogP contribution in [0.15, 0.2) is 12.2 Å². The monoisotopic (exact) mass is 124 g/mol. The summed E-state index contributed by atoms with van der Waals surface area (Å²) < 4.78 is 0. The molecule has 0 heteroatoms. The number of hydrogen-bond acceptors (Lipinski definition) is 0. The number of hydrogen-bond donors (Lipinski definition) is 0. The molecule has 1 rings (SSSR count). The zero-order chi connectivity index (χ0) is 7.02. The van der Waals surface area contributed by atoms with Gasteiger partial charge in [0.05, 0.1) is 0 Å². The fraction of sp³-hybridized carbons (Fsp3) is 0.778. The van der Waals surface area contributed by atoms with Crippen LogP contribution in [0.3, 0.4) is 0 Å². The summed E-state index contributed by atoms with van der Waals surface area (Å²) >= 11 is 0. The maximum atomic E-state index is 4.04. The van der Waals surface area contributed by atoms with E-state index in [9.17, 15) is 0 Å². The van der Waals surface area contributed by atoms with E-state index in [1.165, 1.54) is 12.0 Å². The SMILES string of the molecule is C=C1C[C@@H](C)[C@@H](C)C1C. The van der Waals surface area contributed by atoms with Crippen molar-refractivity contribution in [3.8, 4) is 0 Å². The highest BCUT2D eigenvalue weighted by Gasteiger charge is 2.28. The highest BCUT2D eigenvalue weighted by molar-refractivity contribution is 5.08. The molecule has 0 aromatic carbocycles. The molecule has 1 aliphatic carbocycles. The second kappa shape index (κ2) is 2.17. The molecule has 0 aromatic rings. The van der Waals surface area contributed by atoms with Gasteiger partial charge in [-0.3, -0.25) is 0 Å². The average Bonchev–Trinajstić information content (AvgIpc) is 1.98. The zero-order valence-corrected chi connectivity index (χ0v) is 6.65. The standard InChI is InChI=1S/C9H16/c1-6-5-7(2)9(4)8(6)3/h7-9H,1,5H2,2-4H3/t7-,8?,9-/m1/s1. The van der Waals surface area contributed by atoms with Gasteiger partial charge in [0.1, 0.15) is 0 Å². The molecule has 1 unspecified atom stereocenters. The van der Waals surface area contributed by atoms with E-state index in [2.05, 4.69) is 27.4 Å². The van der Waals surface area contributed by atoms with Crippen LogP contribution in [0, 0.1) is 17.8 Å². The molecule has 1 saturated carbocycles. The van der Waals surface area contributed by atoms with Crippen LogP contribution in [-0.4, -0.2) is 0 Å². The van der Waals surface area contributed by atoms with Gasteiger partial charge >= 0.3 is 0 Å². The van der Waals surface area contributed by atoms with Crippen molar-refractivity contribution in [2.24, 2.45) is 17.8 Å². The van der Waals surface area contributed by atoms with Crippen LogP contribution in [-0.2, 0) is 0 Å². The van der Waals surface area contributed by atoms with E-state index in [1.54, 1.807) is 0 Å². The number of rotatable bonds is 0. The predicted octanol–water partition coefficient (Wildman–Crippen LogP) is 2.85. The Kier molecular flexibility index (Phi) is 1.65. The molecule has 0 aliphatic heterocycles. The molecular formula is C9H16. The van der Waals surface area contributed by atoms with E-state index in [0.717, 1.165) is 17.8 Å². The molecule has 0 bridgehead atoms. The van der Waals surface area contributed by atoms with Gasteiger partial charge in [0.2, 0.25) is 0 Å². The Bertz CT molecular complexity index is 124. The zero-order valence-electron chi connectivity index (χ0n) is 6.65. The first-order valence-corrected chi connectivity index (χ1v) is 3.80. The summed E-state index contributed by atoms with van der Waals surface area (Å²) in [7, 11) is 0. The topological polar surface area (TPSA) is 0 Å². The molecular weight excluding hydrogens is 108 g/mol.